The van der Waals surface area contributed by atoms with E-state index in [-0.39, 0.29) is 0 Å². The van der Waals surface area contributed by atoms with Gasteiger partial charge >= 0.3 is 0 Å². The topological polar surface area (TPSA) is 74.6 Å². The zero-order chi connectivity index (χ0) is 14.1. The van der Waals surface area contributed by atoms with Crippen molar-refractivity contribution >= 4 is 22.8 Å². The number of aromatic nitrogens is 6. The standard InChI is InChI=1S/C12H15ClN6O/c1-3-8-11-12(18(2)16-8)19(10(6-13)15-11)5-4-9-14-7-20-17-9/h7H,3-6H2,1-2H3. The number of rotatable bonds is 5. The van der Waals surface area contributed by atoms with Gasteiger partial charge in [0.2, 0.25) is 6.39 Å². The Balaban J connectivity index is 2.01. The van der Waals surface area contributed by atoms with Gasteiger partial charge in [-0.05, 0) is 6.42 Å². The minimum Gasteiger partial charge on any atom is -0.343 e. The van der Waals surface area contributed by atoms with Crippen LogP contribution < -0.4 is 0 Å². The van der Waals surface area contributed by atoms with Gasteiger partial charge in [-0.1, -0.05) is 12.1 Å². The Bertz CT molecular complexity index is 714. The summed E-state index contributed by atoms with van der Waals surface area (Å²) in [6, 6.07) is 0. The molecule has 3 aromatic rings. The molecular weight excluding hydrogens is 280 g/mol. The van der Waals surface area contributed by atoms with Crippen molar-refractivity contribution in [1.82, 2.24) is 29.5 Å². The van der Waals surface area contributed by atoms with Crippen LogP contribution in [0.15, 0.2) is 10.9 Å². The number of halogens is 1. The first-order valence-electron chi connectivity index (χ1n) is 6.46. The fourth-order valence-electron chi connectivity index (χ4n) is 2.38. The molecule has 0 aliphatic heterocycles. The van der Waals surface area contributed by atoms with E-state index in [1.807, 2.05) is 11.7 Å². The number of hydrogen-bond acceptors (Lipinski definition) is 5. The van der Waals surface area contributed by atoms with Crippen LogP contribution in [0.25, 0.3) is 11.2 Å². The zero-order valence-corrected chi connectivity index (χ0v) is 12.1. The number of alkyl halides is 1. The molecule has 3 aromatic heterocycles. The van der Waals surface area contributed by atoms with Crippen LogP contribution in [0.2, 0.25) is 0 Å². The molecule has 106 valence electrons. The minimum atomic E-state index is 0.365. The Morgan fingerprint density at radius 2 is 2.25 bits per heavy atom. The molecule has 0 aliphatic rings. The monoisotopic (exact) mass is 294 g/mol. The smallest absolute Gasteiger partial charge is 0.213 e. The number of aryl methyl sites for hydroxylation is 4. The summed E-state index contributed by atoms with van der Waals surface area (Å²) in [6.45, 7) is 2.77. The molecule has 0 amide bonds. The second-order valence-corrected chi connectivity index (χ2v) is 4.77. The lowest BCUT2D eigenvalue weighted by molar-refractivity contribution is 0.408. The molecule has 8 heteroatoms. The molecule has 0 radical (unpaired) electrons. The number of fused-ring (bicyclic) bond motifs is 1. The van der Waals surface area contributed by atoms with Gasteiger partial charge in [-0.2, -0.15) is 10.1 Å². The lowest BCUT2D eigenvalue weighted by Crippen LogP contribution is -2.09. The van der Waals surface area contributed by atoms with E-state index in [0.717, 1.165) is 29.1 Å². The van der Waals surface area contributed by atoms with E-state index < -0.39 is 0 Å². The van der Waals surface area contributed by atoms with E-state index >= 15 is 0 Å². The van der Waals surface area contributed by atoms with Crippen molar-refractivity contribution in [2.45, 2.75) is 32.2 Å². The molecule has 0 aliphatic carbocycles. The lowest BCUT2D eigenvalue weighted by Gasteiger charge is -2.06. The van der Waals surface area contributed by atoms with Crippen LogP contribution in [0.5, 0.6) is 0 Å². The summed E-state index contributed by atoms with van der Waals surface area (Å²) in [5.41, 5.74) is 2.91. The van der Waals surface area contributed by atoms with Crippen molar-refractivity contribution in [2.75, 3.05) is 0 Å². The summed E-state index contributed by atoms with van der Waals surface area (Å²) < 4.78 is 8.67. The Hall–Kier alpha value is -1.89. The Labute approximate surface area is 120 Å². The van der Waals surface area contributed by atoms with Gasteiger partial charge < -0.3 is 9.09 Å². The first kappa shape index (κ1) is 13.1. The van der Waals surface area contributed by atoms with Crippen molar-refractivity contribution in [3.8, 4) is 0 Å². The van der Waals surface area contributed by atoms with Gasteiger partial charge in [0.05, 0.1) is 11.6 Å². The second-order valence-electron chi connectivity index (χ2n) is 4.51. The summed E-state index contributed by atoms with van der Waals surface area (Å²) in [6.07, 6.45) is 2.85. The van der Waals surface area contributed by atoms with Gasteiger partial charge in [-0.15, -0.1) is 11.6 Å². The molecule has 7 nitrogen and oxygen atoms in total. The van der Waals surface area contributed by atoms with E-state index in [4.69, 9.17) is 16.1 Å². The molecular formula is C12H15ClN6O. The third-order valence-corrected chi connectivity index (χ3v) is 3.53. The van der Waals surface area contributed by atoms with Gasteiger partial charge in [0.1, 0.15) is 11.3 Å². The van der Waals surface area contributed by atoms with Crippen LogP contribution in [-0.2, 0) is 32.3 Å². The van der Waals surface area contributed by atoms with E-state index in [9.17, 15) is 0 Å². The number of nitrogens with zero attached hydrogens (tertiary/aromatic N) is 6. The largest absolute Gasteiger partial charge is 0.343 e. The number of imidazole rings is 1. The second kappa shape index (κ2) is 5.24. The zero-order valence-electron chi connectivity index (χ0n) is 11.4. The van der Waals surface area contributed by atoms with Gasteiger partial charge in [-0.3, -0.25) is 4.68 Å². The van der Waals surface area contributed by atoms with Gasteiger partial charge in [-0.25, -0.2) is 4.98 Å². The van der Waals surface area contributed by atoms with Crippen LogP contribution in [0, 0.1) is 0 Å². The summed E-state index contributed by atoms with van der Waals surface area (Å²) in [7, 11) is 1.92. The summed E-state index contributed by atoms with van der Waals surface area (Å²) in [5.74, 6) is 1.88. The predicted octanol–water partition coefficient (Wildman–Crippen LogP) is 1.70. The molecule has 0 unspecified atom stereocenters. The average Bonchev–Trinajstić information content (AvgIpc) is 3.13. The summed E-state index contributed by atoms with van der Waals surface area (Å²) >= 11 is 6.01. The Kier molecular flexibility index (Phi) is 3.43. The lowest BCUT2D eigenvalue weighted by atomic mass is 10.3. The van der Waals surface area contributed by atoms with Crippen LogP contribution in [0.3, 0.4) is 0 Å². The highest BCUT2D eigenvalue weighted by atomic mass is 35.5. The Morgan fingerprint density at radius 1 is 1.40 bits per heavy atom. The van der Waals surface area contributed by atoms with Gasteiger partial charge in [0, 0.05) is 20.0 Å². The first-order valence-corrected chi connectivity index (χ1v) is 7.00. The average molecular weight is 295 g/mol. The van der Waals surface area contributed by atoms with Crippen LogP contribution in [-0.4, -0.2) is 29.5 Å². The molecule has 0 atom stereocenters. The van der Waals surface area contributed by atoms with Gasteiger partial charge in [0.25, 0.3) is 0 Å². The quantitative estimate of drug-likeness (QED) is 0.670. The molecule has 0 saturated carbocycles. The normalized spacial score (nSPS) is 11.6. The number of hydrogen-bond donors (Lipinski definition) is 0. The van der Waals surface area contributed by atoms with Gasteiger partial charge in [0.15, 0.2) is 11.5 Å². The summed E-state index contributed by atoms with van der Waals surface area (Å²) in [4.78, 5) is 8.63. The highest BCUT2D eigenvalue weighted by Crippen LogP contribution is 2.21. The van der Waals surface area contributed by atoms with E-state index in [2.05, 4.69) is 31.7 Å². The highest BCUT2D eigenvalue weighted by Gasteiger charge is 2.18. The maximum absolute atomic E-state index is 6.01. The highest BCUT2D eigenvalue weighted by molar-refractivity contribution is 6.16. The van der Waals surface area contributed by atoms with Crippen molar-refractivity contribution in [1.29, 1.82) is 0 Å². The minimum absolute atomic E-state index is 0.365. The molecule has 3 rings (SSSR count). The molecule has 0 N–H and O–H groups in total. The van der Waals surface area contributed by atoms with Crippen LogP contribution in [0.4, 0.5) is 0 Å². The van der Waals surface area contributed by atoms with Crippen molar-refractivity contribution in [3.05, 3.63) is 23.7 Å². The maximum atomic E-state index is 6.01. The van der Waals surface area contributed by atoms with Crippen molar-refractivity contribution in [3.63, 3.8) is 0 Å². The van der Waals surface area contributed by atoms with E-state index in [1.54, 1.807) is 0 Å². The Morgan fingerprint density at radius 3 is 2.90 bits per heavy atom. The molecule has 3 heterocycles. The maximum Gasteiger partial charge on any atom is 0.213 e. The third-order valence-electron chi connectivity index (χ3n) is 3.29. The molecule has 0 fully saturated rings. The SMILES string of the molecule is CCc1nn(C)c2c1nc(CCl)n2CCc1ncon1. The van der Waals surface area contributed by atoms with Crippen LogP contribution >= 0.6 is 11.6 Å². The molecule has 0 spiro atoms. The fraction of sp³-hybridized carbons (Fsp3) is 0.500. The third kappa shape index (κ3) is 2.07. The van der Waals surface area contributed by atoms with E-state index in [0.29, 0.717) is 24.7 Å². The molecule has 20 heavy (non-hydrogen) atoms. The van der Waals surface area contributed by atoms with Crippen LogP contribution in [0.1, 0.15) is 24.3 Å². The molecule has 0 saturated heterocycles. The van der Waals surface area contributed by atoms with Crippen molar-refractivity contribution < 1.29 is 4.52 Å². The van der Waals surface area contributed by atoms with Crippen molar-refractivity contribution in [2.24, 2.45) is 7.05 Å². The fourth-order valence-corrected chi connectivity index (χ4v) is 2.58. The summed E-state index contributed by atoms with van der Waals surface area (Å²) in [5, 5.41) is 8.31. The first-order chi connectivity index (χ1) is 9.74. The van der Waals surface area contributed by atoms with E-state index in [1.165, 1.54) is 6.39 Å². The predicted molar refractivity (Wildman–Crippen MR) is 73.4 cm³/mol. The molecule has 0 aromatic carbocycles. The molecule has 0 bridgehead atoms.